The fourth-order valence-electron chi connectivity index (χ4n) is 2.42. The Balaban J connectivity index is 1.59. The van der Waals surface area contributed by atoms with Crippen LogP contribution in [0.25, 0.3) is 0 Å². The lowest BCUT2D eigenvalue weighted by Crippen LogP contribution is -2.12. The van der Waals surface area contributed by atoms with E-state index in [1.54, 1.807) is 12.1 Å². The van der Waals surface area contributed by atoms with Crippen molar-refractivity contribution in [3.05, 3.63) is 92.0 Å². The number of carbonyl (C=O) groups is 1. The van der Waals surface area contributed by atoms with E-state index >= 15 is 0 Å². The summed E-state index contributed by atoms with van der Waals surface area (Å²) in [4.78, 5) is 12.4. The molecular formula is C21H17BrINO2. The van der Waals surface area contributed by atoms with E-state index in [0.717, 1.165) is 25.9 Å². The summed E-state index contributed by atoms with van der Waals surface area (Å²) in [6.45, 7) is 0.580. The molecule has 0 saturated heterocycles. The van der Waals surface area contributed by atoms with E-state index in [0.29, 0.717) is 12.2 Å². The molecule has 0 saturated carbocycles. The van der Waals surface area contributed by atoms with Crippen LogP contribution in [0, 0.1) is 3.57 Å². The largest absolute Gasteiger partial charge is 0.492 e. The molecule has 0 unspecified atom stereocenters. The number of anilines is 1. The molecule has 26 heavy (non-hydrogen) atoms. The third kappa shape index (κ3) is 5.32. The summed E-state index contributed by atoms with van der Waals surface area (Å²) < 4.78 is 7.72. The fraction of sp³-hybridized carbons (Fsp3) is 0.0952. The molecule has 0 aliphatic rings. The number of nitrogens with one attached hydrogen (secondary N) is 1. The highest BCUT2D eigenvalue weighted by Gasteiger charge is 2.10. The Morgan fingerprint density at radius 3 is 2.42 bits per heavy atom. The lowest BCUT2D eigenvalue weighted by atomic mass is 10.2. The highest BCUT2D eigenvalue weighted by molar-refractivity contribution is 14.1. The Kier molecular flexibility index (Phi) is 6.68. The molecule has 0 heterocycles. The van der Waals surface area contributed by atoms with Crippen molar-refractivity contribution in [1.82, 2.24) is 0 Å². The molecule has 0 aliphatic heterocycles. The normalized spacial score (nSPS) is 10.4. The third-order valence-corrected chi connectivity index (χ3v) is 5.13. The van der Waals surface area contributed by atoms with Crippen LogP contribution in [0.15, 0.2) is 77.3 Å². The van der Waals surface area contributed by atoms with Crippen LogP contribution in [0.2, 0.25) is 0 Å². The first-order chi connectivity index (χ1) is 12.6. The smallest absolute Gasteiger partial charge is 0.255 e. The first-order valence-corrected chi connectivity index (χ1v) is 10.0. The summed E-state index contributed by atoms with van der Waals surface area (Å²) >= 11 is 5.72. The monoisotopic (exact) mass is 521 g/mol. The lowest BCUT2D eigenvalue weighted by Gasteiger charge is -2.10. The van der Waals surface area contributed by atoms with Crippen molar-refractivity contribution in [3.63, 3.8) is 0 Å². The van der Waals surface area contributed by atoms with Crippen LogP contribution < -0.4 is 10.1 Å². The SMILES string of the molecule is O=C(Nc1ccc(I)cc1)c1ccc(OCCc2ccccc2)c(Br)c1. The van der Waals surface area contributed by atoms with E-state index in [1.165, 1.54) is 5.56 Å². The topological polar surface area (TPSA) is 38.3 Å². The molecule has 3 aromatic carbocycles. The molecule has 0 aliphatic carbocycles. The molecule has 0 spiro atoms. The standard InChI is InChI=1S/C21H17BrINO2/c22-19-14-16(21(25)24-18-9-7-17(23)8-10-18)6-11-20(19)26-13-12-15-4-2-1-3-5-15/h1-11,14H,12-13H2,(H,24,25). The lowest BCUT2D eigenvalue weighted by molar-refractivity contribution is 0.102. The molecule has 0 radical (unpaired) electrons. The van der Waals surface area contributed by atoms with E-state index in [1.807, 2.05) is 48.5 Å². The number of benzene rings is 3. The van der Waals surface area contributed by atoms with Crippen LogP contribution in [0.1, 0.15) is 15.9 Å². The Labute approximate surface area is 175 Å². The first-order valence-electron chi connectivity index (χ1n) is 8.15. The first kappa shape index (κ1) is 18.9. The molecule has 3 rings (SSSR count). The van der Waals surface area contributed by atoms with Gasteiger partial charge in [0.15, 0.2) is 0 Å². The quantitative estimate of drug-likeness (QED) is 0.408. The van der Waals surface area contributed by atoms with Crippen molar-refractivity contribution >= 4 is 50.1 Å². The summed E-state index contributed by atoms with van der Waals surface area (Å²) in [6, 6.07) is 23.2. The zero-order chi connectivity index (χ0) is 18.4. The van der Waals surface area contributed by atoms with Gasteiger partial charge >= 0.3 is 0 Å². The minimum atomic E-state index is -0.150. The van der Waals surface area contributed by atoms with E-state index < -0.39 is 0 Å². The van der Waals surface area contributed by atoms with Gasteiger partial charge in [-0.15, -0.1) is 0 Å². The van der Waals surface area contributed by atoms with E-state index in [9.17, 15) is 4.79 Å². The number of ether oxygens (including phenoxy) is 1. The second-order valence-corrected chi connectivity index (χ2v) is 7.79. The molecule has 1 N–H and O–H groups in total. The predicted molar refractivity (Wildman–Crippen MR) is 117 cm³/mol. The predicted octanol–water partition coefficient (Wildman–Crippen LogP) is 5.93. The second-order valence-electron chi connectivity index (χ2n) is 5.69. The number of carbonyl (C=O) groups excluding carboxylic acids is 1. The Morgan fingerprint density at radius 1 is 1.00 bits per heavy atom. The molecule has 1 amide bonds. The maximum absolute atomic E-state index is 12.4. The van der Waals surface area contributed by atoms with Crippen molar-refractivity contribution in [3.8, 4) is 5.75 Å². The van der Waals surface area contributed by atoms with Crippen molar-refractivity contribution in [2.45, 2.75) is 6.42 Å². The Bertz CT molecular complexity index is 882. The minimum Gasteiger partial charge on any atom is -0.492 e. The van der Waals surface area contributed by atoms with Gasteiger partial charge in [0.1, 0.15) is 5.75 Å². The highest BCUT2D eigenvalue weighted by atomic mass is 127. The minimum absolute atomic E-state index is 0.150. The Hall–Kier alpha value is -1.86. The van der Waals surface area contributed by atoms with Gasteiger partial charge < -0.3 is 10.1 Å². The molecule has 0 atom stereocenters. The summed E-state index contributed by atoms with van der Waals surface area (Å²) in [5, 5.41) is 2.89. The van der Waals surface area contributed by atoms with Gasteiger partial charge in [0.05, 0.1) is 11.1 Å². The van der Waals surface area contributed by atoms with Crippen LogP contribution in [0.5, 0.6) is 5.75 Å². The molecule has 0 aromatic heterocycles. The third-order valence-electron chi connectivity index (χ3n) is 3.79. The number of rotatable bonds is 6. The average molecular weight is 522 g/mol. The van der Waals surface area contributed by atoms with E-state index in [-0.39, 0.29) is 5.91 Å². The van der Waals surface area contributed by atoms with Gasteiger partial charge in [0.25, 0.3) is 5.91 Å². The molecule has 0 fully saturated rings. The molecule has 132 valence electrons. The van der Waals surface area contributed by atoms with Crippen LogP contribution in [-0.2, 0) is 6.42 Å². The van der Waals surface area contributed by atoms with Crippen molar-refractivity contribution in [1.29, 1.82) is 0 Å². The van der Waals surface area contributed by atoms with Gasteiger partial charge in [-0.05, 0) is 86.5 Å². The maximum Gasteiger partial charge on any atom is 0.255 e. The van der Waals surface area contributed by atoms with Crippen LogP contribution in [-0.4, -0.2) is 12.5 Å². The molecule has 3 aromatic rings. The number of hydrogen-bond donors (Lipinski definition) is 1. The summed E-state index contributed by atoms with van der Waals surface area (Å²) in [6.07, 6.45) is 0.836. The zero-order valence-corrected chi connectivity index (χ0v) is 17.7. The molecular weight excluding hydrogens is 505 g/mol. The van der Waals surface area contributed by atoms with Gasteiger partial charge in [-0.2, -0.15) is 0 Å². The molecule has 0 bridgehead atoms. The van der Waals surface area contributed by atoms with Gasteiger partial charge in [-0.25, -0.2) is 0 Å². The molecule has 5 heteroatoms. The van der Waals surface area contributed by atoms with E-state index in [4.69, 9.17) is 4.74 Å². The number of halogens is 2. The van der Waals surface area contributed by atoms with Gasteiger partial charge in [-0.3, -0.25) is 4.79 Å². The maximum atomic E-state index is 12.4. The van der Waals surface area contributed by atoms with Crippen LogP contribution >= 0.6 is 38.5 Å². The van der Waals surface area contributed by atoms with Gasteiger partial charge in [-0.1, -0.05) is 30.3 Å². The van der Waals surface area contributed by atoms with Gasteiger partial charge in [0.2, 0.25) is 0 Å². The molecule has 3 nitrogen and oxygen atoms in total. The number of hydrogen-bond acceptors (Lipinski definition) is 2. The van der Waals surface area contributed by atoms with Crippen molar-refractivity contribution in [2.75, 3.05) is 11.9 Å². The number of amides is 1. The van der Waals surface area contributed by atoms with E-state index in [2.05, 4.69) is 56.0 Å². The zero-order valence-electron chi connectivity index (χ0n) is 13.9. The van der Waals surface area contributed by atoms with Crippen molar-refractivity contribution in [2.24, 2.45) is 0 Å². The second kappa shape index (κ2) is 9.19. The van der Waals surface area contributed by atoms with Gasteiger partial charge in [0, 0.05) is 21.2 Å². The summed E-state index contributed by atoms with van der Waals surface area (Å²) in [7, 11) is 0. The van der Waals surface area contributed by atoms with Crippen molar-refractivity contribution < 1.29 is 9.53 Å². The fourth-order valence-corrected chi connectivity index (χ4v) is 3.27. The van der Waals surface area contributed by atoms with Crippen LogP contribution in [0.3, 0.4) is 0 Å². The highest BCUT2D eigenvalue weighted by Crippen LogP contribution is 2.26. The van der Waals surface area contributed by atoms with Crippen LogP contribution in [0.4, 0.5) is 5.69 Å². The average Bonchev–Trinajstić information content (AvgIpc) is 2.65. The summed E-state index contributed by atoms with van der Waals surface area (Å²) in [5.41, 5.74) is 2.58. The summed E-state index contributed by atoms with van der Waals surface area (Å²) in [5.74, 6) is 0.578. The Morgan fingerprint density at radius 2 is 1.73 bits per heavy atom.